The average molecular weight is 518 g/mol. The van der Waals surface area contributed by atoms with Gasteiger partial charge in [-0.3, -0.25) is 19.5 Å². The van der Waals surface area contributed by atoms with Crippen LogP contribution < -0.4 is 0 Å². The molecule has 0 radical (unpaired) electrons. The number of allylic oxidation sites excluding steroid dienone is 2. The van der Waals surface area contributed by atoms with Crippen LogP contribution in [0.1, 0.15) is 44.4 Å². The molecule has 2 aliphatic heterocycles. The molecule has 1 aromatic carbocycles. The van der Waals surface area contributed by atoms with Crippen molar-refractivity contribution < 1.29 is 28.8 Å². The van der Waals surface area contributed by atoms with Gasteiger partial charge in [-0.25, -0.2) is 4.39 Å². The molecular weight excluding hydrogens is 486 g/mol. The summed E-state index contributed by atoms with van der Waals surface area (Å²) in [5.74, 6) is -2.40. The normalized spacial score (nSPS) is 25.8. The van der Waals surface area contributed by atoms with Gasteiger partial charge in [0.25, 0.3) is 0 Å². The molecular formula is C29H32BFN2O5. The standard InChI is InChI=1S/C29H32BFN2O5/c1-16(2)19-14-20-27(29(36)33(3)28(20)35)21-15-30(37)38-25(26(19)21)10-8-18(23-6-4-5-11-32-23)12-17-7-9-24(34)22(31)13-17/h4-7,9,11-13,16,20-21,25,27,34,37H,8,10,14-15H2,1-3H3/b18-12-/t20-,21+,25-,27-/m1/s1. The van der Waals surface area contributed by atoms with Crippen molar-refractivity contribution in [1.82, 2.24) is 9.88 Å². The largest absolute Gasteiger partial charge is 0.505 e. The maximum Gasteiger partial charge on any atom is 0.455 e. The van der Waals surface area contributed by atoms with E-state index in [1.165, 1.54) is 17.0 Å². The summed E-state index contributed by atoms with van der Waals surface area (Å²) in [7, 11) is 0.504. The van der Waals surface area contributed by atoms with Crippen molar-refractivity contribution in [3.05, 3.63) is 70.8 Å². The number of aromatic hydroxyl groups is 1. The van der Waals surface area contributed by atoms with Gasteiger partial charge in [0.1, 0.15) is 0 Å². The number of phenolic OH excluding ortho intramolecular Hbond substituents is 1. The zero-order valence-corrected chi connectivity index (χ0v) is 21.8. The summed E-state index contributed by atoms with van der Waals surface area (Å²) in [5.41, 5.74) is 4.34. The van der Waals surface area contributed by atoms with Gasteiger partial charge in [0, 0.05) is 13.2 Å². The van der Waals surface area contributed by atoms with Crippen LogP contribution in [0.5, 0.6) is 5.75 Å². The number of pyridine rings is 1. The second-order valence-electron chi connectivity index (χ2n) is 10.8. The number of phenols is 1. The van der Waals surface area contributed by atoms with Crippen molar-refractivity contribution >= 4 is 30.6 Å². The van der Waals surface area contributed by atoms with E-state index >= 15 is 0 Å². The molecule has 2 aromatic rings. The number of imide groups is 1. The number of aromatic nitrogens is 1. The van der Waals surface area contributed by atoms with Gasteiger partial charge in [-0.05, 0) is 84.5 Å². The van der Waals surface area contributed by atoms with Crippen LogP contribution >= 0.6 is 0 Å². The fourth-order valence-electron chi connectivity index (χ4n) is 6.33. The lowest BCUT2D eigenvalue weighted by atomic mass is 9.57. The number of hydrogen-bond acceptors (Lipinski definition) is 6. The molecule has 0 spiro atoms. The molecule has 38 heavy (non-hydrogen) atoms. The Morgan fingerprint density at radius 2 is 2.03 bits per heavy atom. The van der Waals surface area contributed by atoms with E-state index in [-0.39, 0.29) is 30.0 Å². The maximum absolute atomic E-state index is 14.0. The van der Waals surface area contributed by atoms with Gasteiger partial charge in [-0.2, -0.15) is 0 Å². The minimum atomic E-state index is -1.04. The summed E-state index contributed by atoms with van der Waals surface area (Å²) >= 11 is 0. The predicted molar refractivity (Wildman–Crippen MR) is 142 cm³/mol. The number of halogens is 1. The van der Waals surface area contributed by atoms with Crippen LogP contribution in [-0.2, 0) is 14.2 Å². The molecule has 7 nitrogen and oxygen atoms in total. The van der Waals surface area contributed by atoms with Crippen molar-refractivity contribution in [3.63, 3.8) is 0 Å². The van der Waals surface area contributed by atoms with E-state index in [0.717, 1.165) is 22.4 Å². The minimum absolute atomic E-state index is 0.142. The maximum atomic E-state index is 14.0. The SMILES string of the molecule is CC(C)C1=C2[C@@H](CC/C(=C/c3ccc(O)c(F)c3)c3ccccn3)OB(O)C[C@@H]2[C@@H]2C(=O)N(C)C(=O)[C@@H]2C1. The third-order valence-corrected chi connectivity index (χ3v) is 8.14. The number of carbonyl (C=O) groups is 2. The van der Waals surface area contributed by atoms with E-state index in [9.17, 15) is 24.1 Å². The van der Waals surface area contributed by atoms with E-state index in [4.69, 9.17) is 4.65 Å². The van der Waals surface area contributed by atoms with Crippen LogP contribution in [0.4, 0.5) is 4.39 Å². The molecule has 0 unspecified atom stereocenters. The van der Waals surface area contributed by atoms with Crippen molar-refractivity contribution in [2.45, 2.75) is 45.5 Å². The van der Waals surface area contributed by atoms with Crippen LogP contribution in [0.25, 0.3) is 11.6 Å². The Bertz CT molecular complexity index is 1310. The molecule has 3 heterocycles. The lowest BCUT2D eigenvalue weighted by Gasteiger charge is -2.44. The van der Waals surface area contributed by atoms with Crippen molar-refractivity contribution in [2.75, 3.05) is 7.05 Å². The topological polar surface area (TPSA) is 100.0 Å². The molecule has 5 rings (SSSR count). The highest BCUT2D eigenvalue weighted by Gasteiger charge is 2.56. The molecule has 0 bridgehead atoms. The predicted octanol–water partition coefficient (Wildman–Crippen LogP) is 4.33. The number of rotatable bonds is 6. The summed E-state index contributed by atoms with van der Waals surface area (Å²) in [5, 5.41) is 20.3. The highest BCUT2D eigenvalue weighted by atomic mass is 19.1. The first-order valence-electron chi connectivity index (χ1n) is 13.1. The summed E-state index contributed by atoms with van der Waals surface area (Å²) in [6.45, 7) is 4.18. The number of nitrogens with zero attached hydrogens (tertiary/aromatic N) is 2. The Labute approximate surface area is 222 Å². The fraction of sp³-hybridized carbons (Fsp3) is 0.414. The lowest BCUT2D eigenvalue weighted by Crippen LogP contribution is -2.46. The number of fused-ring (bicyclic) bond motifs is 3. The number of carbonyl (C=O) groups excluding carboxylic acids is 2. The van der Waals surface area contributed by atoms with E-state index in [1.54, 1.807) is 19.3 Å². The van der Waals surface area contributed by atoms with Crippen molar-refractivity contribution in [3.8, 4) is 5.75 Å². The number of amides is 2. The number of hydrogen-bond donors (Lipinski definition) is 2. The van der Waals surface area contributed by atoms with Gasteiger partial charge in [-0.1, -0.05) is 31.6 Å². The third-order valence-electron chi connectivity index (χ3n) is 8.14. The Balaban J connectivity index is 1.49. The molecule has 2 N–H and O–H groups in total. The quantitative estimate of drug-likeness (QED) is 0.336. The zero-order chi connectivity index (χ0) is 27.1. The van der Waals surface area contributed by atoms with Gasteiger partial charge < -0.3 is 14.8 Å². The van der Waals surface area contributed by atoms with Crippen LogP contribution in [0, 0.1) is 29.5 Å². The number of benzene rings is 1. The molecule has 3 aliphatic rings. The van der Waals surface area contributed by atoms with Crippen LogP contribution in [0.15, 0.2) is 53.7 Å². The molecule has 1 aromatic heterocycles. The molecule has 0 saturated carbocycles. The van der Waals surface area contributed by atoms with E-state index < -0.39 is 36.6 Å². The van der Waals surface area contributed by atoms with Gasteiger partial charge in [-0.15, -0.1) is 0 Å². The summed E-state index contributed by atoms with van der Waals surface area (Å²) in [4.78, 5) is 31.7. The molecule has 2 fully saturated rings. The van der Waals surface area contributed by atoms with E-state index in [0.29, 0.717) is 24.8 Å². The van der Waals surface area contributed by atoms with Gasteiger partial charge in [0.15, 0.2) is 11.6 Å². The first kappa shape index (κ1) is 26.3. The lowest BCUT2D eigenvalue weighted by molar-refractivity contribution is -0.138. The Morgan fingerprint density at radius 3 is 2.71 bits per heavy atom. The second kappa shape index (κ2) is 10.5. The van der Waals surface area contributed by atoms with Gasteiger partial charge in [0.2, 0.25) is 11.8 Å². The summed E-state index contributed by atoms with van der Waals surface area (Å²) < 4.78 is 20.1. The Hall–Kier alpha value is -3.30. The Morgan fingerprint density at radius 1 is 1.24 bits per heavy atom. The third kappa shape index (κ3) is 4.81. The summed E-state index contributed by atoms with van der Waals surface area (Å²) in [6.07, 6.45) is 4.93. The minimum Gasteiger partial charge on any atom is -0.505 e. The van der Waals surface area contributed by atoms with Crippen LogP contribution in [0.2, 0.25) is 6.32 Å². The van der Waals surface area contributed by atoms with Crippen LogP contribution in [-0.4, -0.2) is 52.1 Å². The molecule has 1 aliphatic carbocycles. The Kier molecular flexibility index (Phi) is 7.24. The van der Waals surface area contributed by atoms with Crippen LogP contribution in [0.3, 0.4) is 0 Å². The molecule has 4 atom stereocenters. The van der Waals surface area contributed by atoms with Crippen molar-refractivity contribution in [2.24, 2.45) is 23.7 Å². The molecule has 2 saturated heterocycles. The highest BCUT2D eigenvalue weighted by molar-refractivity contribution is 6.43. The highest BCUT2D eigenvalue weighted by Crippen LogP contribution is 2.51. The van der Waals surface area contributed by atoms with E-state index in [2.05, 4.69) is 18.8 Å². The molecule has 198 valence electrons. The average Bonchev–Trinajstić information content (AvgIpc) is 3.12. The van der Waals surface area contributed by atoms with Gasteiger partial charge >= 0.3 is 7.12 Å². The first-order valence-corrected chi connectivity index (χ1v) is 13.1. The monoisotopic (exact) mass is 518 g/mol. The number of likely N-dealkylation sites (tertiary alicyclic amines) is 1. The first-order chi connectivity index (χ1) is 18.2. The molecule has 9 heteroatoms. The zero-order valence-electron chi connectivity index (χ0n) is 21.8. The van der Waals surface area contributed by atoms with Crippen molar-refractivity contribution in [1.29, 1.82) is 0 Å². The summed E-state index contributed by atoms with van der Waals surface area (Å²) in [6, 6.07) is 9.81. The fourth-order valence-corrected chi connectivity index (χ4v) is 6.33. The smallest absolute Gasteiger partial charge is 0.455 e. The van der Waals surface area contributed by atoms with E-state index in [1.807, 2.05) is 24.3 Å². The molecule has 2 amide bonds. The van der Waals surface area contributed by atoms with Gasteiger partial charge in [0.05, 0.1) is 23.6 Å². The second-order valence-corrected chi connectivity index (χ2v) is 10.8.